The lowest BCUT2D eigenvalue weighted by molar-refractivity contribution is -0.385. The molecule has 0 aliphatic heterocycles. The van der Waals surface area contributed by atoms with Crippen molar-refractivity contribution < 1.29 is 19.2 Å². The summed E-state index contributed by atoms with van der Waals surface area (Å²) in [5.74, 6) is -0.225. The fourth-order valence-electron chi connectivity index (χ4n) is 2.31. The molecule has 2 aromatic rings. The summed E-state index contributed by atoms with van der Waals surface area (Å²) in [6.45, 7) is 2.04. The number of nitrogens with zero attached hydrogens (tertiary/aromatic N) is 2. The summed E-state index contributed by atoms with van der Waals surface area (Å²) in [7, 11) is 1.39. The molecule has 0 bridgehead atoms. The molecule has 0 fully saturated rings. The van der Waals surface area contributed by atoms with E-state index in [0.717, 1.165) is 5.56 Å². The van der Waals surface area contributed by atoms with Crippen molar-refractivity contribution in [2.75, 3.05) is 19.0 Å². The zero-order chi connectivity index (χ0) is 19.1. The molecule has 2 aromatic carbocycles. The number of ether oxygens (including phenoxy) is 2. The SMILES string of the molecule is CCOc1cc([N+](=O)[O-])c(C(=O)Nc2ccc(CC#N)cc2)cc1OC. The Kier molecular flexibility index (Phi) is 6.11. The lowest BCUT2D eigenvalue weighted by atomic mass is 10.1. The summed E-state index contributed by atoms with van der Waals surface area (Å²) in [6, 6.07) is 11.1. The van der Waals surface area contributed by atoms with Gasteiger partial charge in [-0.15, -0.1) is 0 Å². The number of carbonyl (C=O) groups excluding carboxylic acids is 1. The number of hydrogen-bond acceptors (Lipinski definition) is 6. The molecule has 26 heavy (non-hydrogen) atoms. The third-order valence-electron chi connectivity index (χ3n) is 3.52. The maximum atomic E-state index is 12.5. The van der Waals surface area contributed by atoms with Crippen molar-refractivity contribution in [1.82, 2.24) is 0 Å². The standard InChI is InChI=1S/C18H17N3O5/c1-3-26-17-11-15(21(23)24)14(10-16(17)25-2)18(22)20-13-6-4-12(5-7-13)8-9-19/h4-7,10-11H,3,8H2,1-2H3,(H,20,22). The number of anilines is 1. The molecule has 8 heteroatoms. The summed E-state index contributed by atoms with van der Waals surface area (Å²) in [5, 5.41) is 22.6. The Morgan fingerprint density at radius 1 is 1.27 bits per heavy atom. The third-order valence-corrected chi connectivity index (χ3v) is 3.52. The Balaban J connectivity index is 2.34. The van der Waals surface area contributed by atoms with Crippen LogP contribution in [0.4, 0.5) is 11.4 Å². The van der Waals surface area contributed by atoms with E-state index in [2.05, 4.69) is 5.32 Å². The van der Waals surface area contributed by atoms with Gasteiger partial charge in [0.15, 0.2) is 11.5 Å². The normalized spacial score (nSPS) is 9.88. The van der Waals surface area contributed by atoms with Crippen LogP contribution in [0, 0.1) is 21.4 Å². The second kappa shape index (κ2) is 8.48. The minimum atomic E-state index is -0.647. The van der Waals surface area contributed by atoms with E-state index in [4.69, 9.17) is 14.7 Å². The summed E-state index contributed by atoms with van der Waals surface area (Å²) in [6.07, 6.45) is 0.260. The average molecular weight is 355 g/mol. The topological polar surface area (TPSA) is 114 Å². The van der Waals surface area contributed by atoms with Gasteiger partial charge in [-0.3, -0.25) is 14.9 Å². The molecule has 134 valence electrons. The molecule has 0 atom stereocenters. The second-order valence-electron chi connectivity index (χ2n) is 5.20. The van der Waals surface area contributed by atoms with Crippen molar-refractivity contribution in [2.45, 2.75) is 13.3 Å². The number of nitriles is 1. The van der Waals surface area contributed by atoms with Crippen LogP contribution in [0.1, 0.15) is 22.8 Å². The van der Waals surface area contributed by atoms with E-state index in [1.54, 1.807) is 31.2 Å². The first-order valence-corrected chi connectivity index (χ1v) is 7.76. The maximum Gasteiger partial charge on any atom is 0.286 e. The van der Waals surface area contributed by atoms with Crippen LogP contribution in [-0.2, 0) is 6.42 Å². The van der Waals surface area contributed by atoms with Crippen LogP contribution in [0.2, 0.25) is 0 Å². The molecular weight excluding hydrogens is 338 g/mol. The van der Waals surface area contributed by atoms with Crippen molar-refractivity contribution in [3.63, 3.8) is 0 Å². The van der Waals surface area contributed by atoms with E-state index in [0.29, 0.717) is 12.3 Å². The molecule has 1 N–H and O–H groups in total. The molecule has 8 nitrogen and oxygen atoms in total. The molecule has 0 aromatic heterocycles. The van der Waals surface area contributed by atoms with Gasteiger partial charge < -0.3 is 14.8 Å². The van der Waals surface area contributed by atoms with E-state index in [1.165, 1.54) is 19.2 Å². The van der Waals surface area contributed by atoms with Gasteiger partial charge in [0.25, 0.3) is 11.6 Å². The minimum absolute atomic E-state index is 0.142. The Bertz CT molecular complexity index is 856. The molecule has 0 aliphatic carbocycles. The first-order valence-electron chi connectivity index (χ1n) is 7.76. The van der Waals surface area contributed by atoms with Gasteiger partial charge in [0, 0.05) is 11.8 Å². The summed E-state index contributed by atoms with van der Waals surface area (Å²) in [5.41, 5.74) is 0.738. The Labute approximate surface area is 150 Å². The smallest absolute Gasteiger partial charge is 0.286 e. The van der Waals surface area contributed by atoms with Gasteiger partial charge in [-0.05, 0) is 24.6 Å². The number of nitrogens with one attached hydrogen (secondary N) is 1. The van der Waals surface area contributed by atoms with E-state index in [9.17, 15) is 14.9 Å². The number of methoxy groups -OCH3 is 1. The molecule has 2 rings (SSSR count). The quantitative estimate of drug-likeness (QED) is 0.602. The molecule has 0 aliphatic rings. The van der Waals surface area contributed by atoms with Crippen LogP contribution in [-0.4, -0.2) is 24.5 Å². The molecule has 0 saturated carbocycles. The first kappa shape index (κ1) is 18.7. The zero-order valence-corrected chi connectivity index (χ0v) is 14.3. The monoisotopic (exact) mass is 355 g/mol. The van der Waals surface area contributed by atoms with Crippen molar-refractivity contribution in [3.05, 3.63) is 57.6 Å². The molecule has 0 radical (unpaired) electrons. The van der Waals surface area contributed by atoms with Gasteiger partial charge in [-0.25, -0.2) is 0 Å². The van der Waals surface area contributed by atoms with Crippen LogP contribution in [0.5, 0.6) is 11.5 Å². The number of carbonyl (C=O) groups is 1. The van der Waals surface area contributed by atoms with Gasteiger partial charge in [-0.2, -0.15) is 5.26 Å². The lowest BCUT2D eigenvalue weighted by Gasteiger charge is -2.12. The number of benzene rings is 2. The van der Waals surface area contributed by atoms with Crippen LogP contribution in [0.3, 0.4) is 0 Å². The fraction of sp³-hybridized carbons (Fsp3) is 0.222. The highest BCUT2D eigenvalue weighted by Gasteiger charge is 2.24. The van der Waals surface area contributed by atoms with E-state index < -0.39 is 10.8 Å². The molecule has 0 saturated heterocycles. The minimum Gasteiger partial charge on any atom is -0.493 e. The fourth-order valence-corrected chi connectivity index (χ4v) is 2.31. The van der Waals surface area contributed by atoms with Crippen LogP contribution < -0.4 is 14.8 Å². The summed E-state index contributed by atoms with van der Waals surface area (Å²) < 4.78 is 10.5. The van der Waals surface area contributed by atoms with Gasteiger partial charge in [-0.1, -0.05) is 12.1 Å². The van der Waals surface area contributed by atoms with Crippen molar-refractivity contribution in [1.29, 1.82) is 5.26 Å². The van der Waals surface area contributed by atoms with Gasteiger partial charge in [0.1, 0.15) is 5.56 Å². The van der Waals surface area contributed by atoms with Crippen LogP contribution in [0.15, 0.2) is 36.4 Å². The summed E-state index contributed by atoms with van der Waals surface area (Å²) >= 11 is 0. The largest absolute Gasteiger partial charge is 0.493 e. The predicted octanol–water partition coefficient (Wildman–Crippen LogP) is 3.32. The molecule has 1 amide bonds. The molecule has 0 heterocycles. The highest BCUT2D eigenvalue weighted by atomic mass is 16.6. The number of rotatable bonds is 7. The maximum absolute atomic E-state index is 12.5. The van der Waals surface area contributed by atoms with Gasteiger partial charge in [0.05, 0.1) is 37.2 Å². The second-order valence-corrected chi connectivity index (χ2v) is 5.20. The zero-order valence-electron chi connectivity index (χ0n) is 14.3. The number of hydrogen-bond donors (Lipinski definition) is 1. The molecular formula is C18H17N3O5. The van der Waals surface area contributed by atoms with Gasteiger partial charge >= 0.3 is 0 Å². The highest BCUT2D eigenvalue weighted by molar-refractivity contribution is 6.07. The first-order chi connectivity index (χ1) is 12.5. The highest BCUT2D eigenvalue weighted by Crippen LogP contribution is 2.35. The van der Waals surface area contributed by atoms with E-state index in [1.807, 2.05) is 6.07 Å². The molecule has 0 unspecified atom stereocenters. The average Bonchev–Trinajstić information content (AvgIpc) is 2.63. The van der Waals surface area contributed by atoms with E-state index in [-0.39, 0.29) is 29.2 Å². The Hall–Kier alpha value is -3.60. The Morgan fingerprint density at radius 3 is 2.50 bits per heavy atom. The van der Waals surface area contributed by atoms with Crippen LogP contribution >= 0.6 is 0 Å². The Morgan fingerprint density at radius 2 is 1.96 bits per heavy atom. The predicted molar refractivity (Wildman–Crippen MR) is 94.5 cm³/mol. The van der Waals surface area contributed by atoms with Crippen molar-refractivity contribution in [3.8, 4) is 17.6 Å². The van der Waals surface area contributed by atoms with Gasteiger partial charge in [0.2, 0.25) is 0 Å². The number of nitro benzene ring substituents is 1. The van der Waals surface area contributed by atoms with Crippen molar-refractivity contribution in [2.24, 2.45) is 0 Å². The molecule has 0 spiro atoms. The summed E-state index contributed by atoms with van der Waals surface area (Å²) in [4.78, 5) is 23.2. The van der Waals surface area contributed by atoms with Crippen molar-refractivity contribution >= 4 is 17.3 Å². The van der Waals surface area contributed by atoms with E-state index >= 15 is 0 Å². The lowest BCUT2D eigenvalue weighted by Crippen LogP contribution is -2.14. The number of amides is 1. The third kappa shape index (κ3) is 4.27. The number of nitro groups is 1. The van der Waals surface area contributed by atoms with Crippen LogP contribution in [0.25, 0.3) is 0 Å².